The fourth-order valence-electron chi connectivity index (χ4n) is 2.72. The van der Waals surface area contributed by atoms with Crippen LogP contribution in [0.15, 0.2) is 30.5 Å². The smallest absolute Gasteiger partial charge is 0.277 e. The van der Waals surface area contributed by atoms with Crippen molar-refractivity contribution in [1.82, 2.24) is 20.3 Å². The summed E-state index contributed by atoms with van der Waals surface area (Å²) in [6, 6.07) is 7.71. The fourth-order valence-corrected chi connectivity index (χ4v) is 2.72. The number of anilines is 1. The van der Waals surface area contributed by atoms with Crippen LogP contribution in [-0.2, 0) is 0 Å². The molecule has 0 radical (unpaired) electrons. The summed E-state index contributed by atoms with van der Waals surface area (Å²) in [6.45, 7) is 4.58. The molecule has 2 heterocycles. The number of para-hydroxylation sites is 2. The predicted octanol–water partition coefficient (Wildman–Crippen LogP) is 2.24. The van der Waals surface area contributed by atoms with Crippen molar-refractivity contribution in [2.75, 3.05) is 25.0 Å². The van der Waals surface area contributed by atoms with Gasteiger partial charge in [0.15, 0.2) is 5.69 Å². The summed E-state index contributed by atoms with van der Waals surface area (Å²) in [5.41, 5.74) is 0.964. The van der Waals surface area contributed by atoms with Crippen LogP contribution in [0.1, 0.15) is 42.7 Å². The van der Waals surface area contributed by atoms with Crippen molar-refractivity contribution in [3.63, 3.8) is 0 Å². The van der Waals surface area contributed by atoms with Gasteiger partial charge in [-0.15, -0.1) is 5.10 Å². The Morgan fingerprint density at radius 3 is 2.96 bits per heavy atom. The number of ether oxygens (including phenoxy) is 1. The summed E-state index contributed by atoms with van der Waals surface area (Å²) in [4.78, 5) is 12.4. The number of carbonyl (C=O) groups is 1. The minimum atomic E-state index is -0.275. The van der Waals surface area contributed by atoms with Gasteiger partial charge in [-0.2, -0.15) is 0 Å². The molecule has 128 valence electrons. The zero-order chi connectivity index (χ0) is 16.8. The van der Waals surface area contributed by atoms with Crippen molar-refractivity contribution in [2.45, 2.75) is 32.2 Å². The SMILES string of the molecule is CCCOc1ccccc1NC(=O)c1cn(C2CCNCC2)nn1. The summed E-state index contributed by atoms with van der Waals surface area (Å²) in [7, 11) is 0. The Hall–Kier alpha value is -2.41. The molecule has 0 unspecified atom stereocenters. The molecular weight excluding hydrogens is 306 g/mol. The van der Waals surface area contributed by atoms with Crippen LogP contribution in [0.4, 0.5) is 5.69 Å². The molecule has 0 bridgehead atoms. The van der Waals surface area contributed by atoms with Gasteiger partial charge >= 0.3 is 0 Å². The monoisotopic (exact) mass is 329 g/mol. The molecule has 7 nitrogen and oxygen atoms in total. The number of rotatable bonds is 6. The first-order valence-corrected chi connectivity index (χ1v) is 8.43. The van der Waals surface area contributed by atoms with Crippen LogP contribution in [0, 0.1) is 0 Å². The van der Waals surface area contributed by atoms with Gasteiger partial charge in [0.05, 0.1) is 24.5 Å². The highest BCUT2D eigenvalue weighted by Crippen LogP contribution is 2.24. The first kappa shape index (κ1) is 16.4. The molecule has 2 aromatic rings. The topological polar surface area (TPSA) is 81.1 Å². The number of benzene rings is 1. The quantitative estimate of drug-likeness (QED) is 0.849. The van der Waals surface area contributed by atoms with Crippen molar-refractivity contribution in [2.24, 2.45) is 0 Å². The summed E-state index contributed by atoms with van der Waals surface area (Å²) >= 11 is 0. The van der Waals surface area contributed by atoms with Gasteiger partial charge in [-0.1, -0.05) is 24.3 Å². The van der Waals surface area contributed by atoms with E-state index in [1.54, 1.807) is 10.9 Å². The van der Waals surface area contributed by atoms with Crippen LogP contribution in [-0.4, -0.2) is 40.6 Å². The van der Waals surface area contributed by atoms with Gasteiger partial charge in [0.1, 0.15) is 5.75 Å². The third-order valence-electron chi connectivity index (χ3n) is 4.02. The molecule has 1 fully saturated rings. The van der Waals surface area contributed by atoms with Crippen molar-refractivity contribution in [1.29, 1.82) is 0 Å². The van der Waals surface area contributed by atoms with E-state index in [9.17, 15) is 4.79 Å². The first-order chi connectivity index (χ1) is 11.8. The average Bonchev–Trinajstić information content (AvgIpc) is 3.12. The molecule has 2 N–H and O–H groups in total. The number of nitrogens with one attached hydrogen (secondary N) is 2. The van der Waals surface area contributed by atoms with Crippen LogP contribution >= 0.6 is 0 Å². The van der Waals surface area contributed by atoms with E-state index in [0.717, 1.165) is 32.4 Å². The number of aromatic nitrogens is 3. The Labute approximate surface area is 141 Å². The maximum atomic E-state index is 12.4. The summed E-state index contributed by atoms with van der Waals surface area (Å²) < 4.78 is 7.46. The van der Waals surface area contributed by atoms with Crippen LogP contribution in [0.5, 0.6) is 5.75 Å². The highest BCUT2D eigenvalue weighted by Gasteiger charge is 2.19. The van der Waals surface area contributed by atoms with Crippen LogP contribution < -0.4 is 15.4 Å². The van der Waals surface area contributed by atoms with Gasteiger partial charge in [-0.3, -0.25) is 4.79 Å². The van der Waals surface area contributed by atoms with E-state index in [4.69, 9.17) is 4.74 Å². The number of amides is 1. The second kappa shape index (κ2) is 7.92. The van der Waals surface area contributed by atoms with E-state index in [2.05, 4.69) is 20.9 Å². The van der Waals surface area contributed by atoms with Gasteiger partial charge in [0, 0.05) is 0 Å². The van der Waals surface area contributed by atoms with Crippen LogP contribution in [0.3, 0.4) is 0 Å². The van der Waals surface area contributed by atoms with Crippen LogP contribution in [0.25, 0.3) is 0 Å². The Kier molecular flexibility index (Phi) is 5.43. The van der Waals surface area contributed by atoms with E-state index in [-0.39, 0.29) is 5.91 Å². The van der Waals surface area contributed by atoms with Gasteiger partial charge in [0.25, 0.3) is 5.91 Å². The zero-order valence-electron chi connectivity index (χ0n) is 13.9. The van der Waals surface area contributed by atoms with Crippen LogP contribution in [0.2, 0.25) is 0 Å². The molecule has 1 aromatic heterocycles. The van der Waals surface area contributed by atoms with E-state index < -0.39 is 0 Å². The molecule has 7 heteroatoms. The predicted molar refractivity (Wildman–Crippen MR) is 91.3 cm³/mol. The summed E-state index contributed by atoms with van der Waals surface area (Å²) in [6.07, 6.45) is 4.63. The van der Waals surface area contributed by atoms with E-state index in [0.29, 0.717) is 29.8 Å². The number of carbonyl (C=O) groups excluding carboxylic acids is 1. The molecule has 1 saturated heterocycles. The third-order valence-corrected chi connectivity index (χ3v) is 4.02. The lowest BCUT2D eigenvalue weighted by molar-refractivity contribution is 0.102. The Morgan fingerprint density at radius 2 is 2.17 bits per heavy atom. The van der Waals surface area contributed by atoms with Gasteiger partial charge in [-0.25, -0.2) is 4.68 Å². The van der Waals surface area contributed by atoms with Crippen molar-refractivity contribution < 1.29 is 9.53 Å². The third kappa shape index (κ3) is 3.91. The molecule has 0 aliphatic carbocycles. The maximum Gasteiger partial charge on any atom is 0.277 e. The standard InChI is InChI=1S/C17H23N5O2/c1-2-11-24-16-6-4-3-5-14(16)19-17(23)15-12-22(21-20-15)13-7-9-18-10-8-13/h3-6,12-13,18H,2,7-11H2,1H3,(H,19,23). The van der Waals surface area contributed by atoms with Crippen molar-refractivity contribution in [3.8, 4) is 5.75 Å². The molecule has 1 aliphatic heterocycles. The first-order valence-electron chi connectivity index (χ1n) is 8.43. The lowest BCUT2D eigenvalue weighted by Crippen LogP contribution is -2.29. The van der Waals surface area contributed by atoms with E-state index in [1.165, 1.54) is 0 Å². The molecule has 1 aromatic carbocycles. The molecule has 24 heavy (non-hydrogen) atoms. The molecular formula is C17H23N5O2. The van der Waals surface area contributed by atoms with E-state index in [1.807, 2.05) is 31.2 Å². The molecule has 0 atom stereocenters. The maximum absolute atomic E-state index is 12.4. The Bertz CT molecular complexity index is 679. The molecule has 3 rings (SSSR count). The highest BCUT2D eigenvalue weighted by molar-refractivity contribution is 6.03. The Morgan fingerprint density at radius 1 is 1.38 bits per heavy atom. The zero-order valence-corrected chi connectivity index (χ0v) is 13.9. The van der Waals surface area contributed by atoms with Gasteiger partial charge in [-0.05, 0) is 44.5 Å². The molecule has 1 aliphatic rings. The number of piperidine rings is 1. The second-order valence-electron chi connectivity index (χ2n) is 5.86. The minimum absolute atomic E-state index is 0.275. The largest absolute Gasteiger partial charge is 0.491 e. The normalized spacial score (nSPS) is 15.2. The molecule has 1 amide bonds. The van der Waals surface area contributed by atoms with E-state index >= 15 is 0 Å². The van der Waals surface area contributed by atoms with Crippen molar-refractivity contribution >= 4 is 11.6 Å². The second-order valence-corrected chi connectivity index (χ2v) is 5.86. The lowest BCUT2D eigenvalue weighted by Gasteiger charge is -2.22. The highest BCUT2D eigenvalue weighted by atomic mass is 16.5. The lowest BCUT2D eigenvalue weighted by atomic mass is 10.1. The fraction of sp³-hybridized carbons (Fsp3) is 0.471. The van der Waals surface area contributed by atoms with Crippen molar-refractivity contribution in [3.05, 3.63) is 36.2 Å². The summed E-state index contributed by atoms with van der Waals surface area (Å²) in [5, 5.41) is 14.3. The van der Waals surface area contributed by atoms with Gasteiger partial charge in [0.2, 0.25) is 0 Å². The number of nitrogens with zero attached hydrogens (tertiary/aromatic N) is 3. The average molecular weight is 329 g/mol. The van der Waals surface area contributed by atoms with Gasteiger partial charge < -0.3 is 15.4 Å². The number of hydrogen-bond donors (Lipinski definition) is 2. The summed E-state index contributed by atoms with van der Waals surface area (Å²) in [5.74, 6) is 0.390. The Balaban J connectivity index is 1.68. The number of hydrogen-bond acceptors (Lipinski definition) is 5. The minimum Gasteiger partial charge on any atom is -0.491 e. The molecule has 0 saturated carbocycles. The molecule has 0 spiro atoms.